The smallest absolute Gasteiger partial charge is 0.229 e. The normalized spacial score (nSPS) is 11.0. The van der Waals surface area contributed by atoms with Crippen molar-refractivity contribution in [3.05, 3.63) is 46.4 Å². The zero-order valence-corrected chi connectivity index (χ0v) is 11.4. The Morgan fingerprint density at radius 2 is 2.00 bits per heavy atom. The van der Waals surface area contributed by atoms with Crippen molar-refractivity contribution >= 4 is 32.7 Å². The molecule has 3 rings (SSSR count). The van der Waals surface area contributed by atoms with E-state index in [2.05, 4.69) is 20.9 Å². The third kappa shape index (κ3) is 1.88. The quantitative estimate of drug-likeness (QED) is 0.687. The largest absolute Gasteiger partial charge is 0.436 e. The standard InChI is InChI=1S/C14H11BrN2O/c1-8-2-4-11(16)10(6-8)14-17-12-7-9(15)3-5-13(12)18-14/h2-7H,16H2,1H3. The number of hydrogen-bond donors (Lipinski definition) is 1. The Labute approximate surface area is 113 Å². The van der Waals surface area contributed by atoms with Gasteiger partial charge in [0.2, 0.25) is 5.89 Å². The van der Waals surface area contributed by atoms with Gasteiger partial charge in [0.05, 0.1) is 5.56 Å². The second-order valence-electron chi connectivity index (χ2n) is 4.22. The Hall–Kier alpha value is -1.81. The molecule has 0 spiro atoms. The topological polar surface area (TPSA) is 52.0 Å². The van der Waals surface area contributed by atoms with Crippen LogP contribution in [0.3, 0.4) is 0 Å². The predicted molar refractivity (Wildman–Crippen MR) is 76.3 cm³/mol. The van der Waals surface area contributed by atoms with Crippen LogP contribution >= 0.6 is 15.9 Å². The fourth-order valence-corrected chi connectivity index (χ4v) is 2.22. The van der Waals surface area contributed by atoms with E-state index < -0.39 is 0 Å². The molecule has 0 aliphatic heterocycles. The van der Waals surface area contributed by atoms with Gasteiger partial charge in [-0.3, -0.25) is 0 Å². The number of anilines is 1. The van der Waals surface area contributed by atoms with Gasteiger partial charge >= 0.3 is 0 Å². The molecule has 0 unspecified atom stereocenters. The highest BCUT2D eigenvalue weighted by Gasteiger charge is 2.11. The predicted octanol–water partition coefficient (Wildman–Crippen LogP) is 4.15. The lowest BCUT2D eigenvalue weighted by Gasteiger charge is -2.01. The van der Waals surface area contributed by atoms with Crippen LogP contribution in [0.1, 0.15) is 5.56 Å². The molecule has 0 atom stereocenters. The minimum atomic E-state index is 0.560. The highest BCUT2D eigenvalue weighted by molar-refractivity contribution is 9.10. The van der Waals surface area contributed by atoms with Crippen molar-refractivity contribution in [1.29, 1.82) is 0 Å². The number of nitrogens with two attached hydrogens (primary N) is 1. The van der Waals surface area contributed by atoms with Gasteiger partial charge in [0.1, 0.15) is 5.52 Å². The average molecular weight is 303 g/mol. The number of nitrogen functional groups attached to an aromatic ring is 1. The molecule has 0 saturated carbocycles. The number of nitrogens with zero attached hydrogens (tertiary/aromatic N) is 1. The molecule has 1 heterocycles. The van der Waals surface area contributed by atoms with Gasteiger partial charge in [-0.15, -0.1) is 0 Å². The fraction of sp³-hybridized carbons (Fsp3) is 0.0714. The average Bonchev–Trinajstić information content (AvgIpc) is 2.74. The summed E-state index contributed by atoms with van der Waals surface area (Å²) >= 11 is 3.42. The fourth-order valence-electron chi connectivity index (χ4n) is 1.87. The van der Waals surface area contributed by atoms with Crippen molar-refractivity contribution in [1.82, 2.24) is 4.98 Å². The minimum Gasteiger partial charge on any atom is -0.436 e. The third-order valence-corrected chi connectivity index (χ3v) is 3.28. The second kappa shape index (κ2) is 4.14. The van der Waals surface area contributed by atoms with Crippen molar-refractivity contribution in [3.8, 4) is 11.5 Å². The van der Waals surface area contributed by atoms with E-state index in [0.29, 0.717) is 11.6 Å². The van der Waals surface area contributed by atoms with Gasteiger partial charge in [-0.1, -0.05) is 27.6 Å². The van der Waals surface area contributed by atoms with Gasteiger partial charge < -0.3 is 10.2 Å². The first kappa shape index (κ1) is 11.3. The van der Waals surface area contributed by atoms with Crippen LogP contribution in [0, 0.1) is 6.92 Å². The molecule has 0 amide bonds. The number of halogens is 1. The van der Waals surface area contributed by atoms with Crippen molar-refractivity contribution in [2.24, 2.45) is 0 Å². The molecule has 0 aliphatic rings. The van der Waals surface area contributed by atoms with E-state index in [1.807, 2.05) is 43.3 Å². The summed E-state index contributed by atoms with van der Waals surface area (Å²) in [5.41, 5.74) is 10.2. The lowest BCUT2D eigenvalue weighted by atomic mass is 10.1. The van der Waals surface area contributed by atoms with E-state index in [1.54, 1.807) is 0 Å². The summed E-state index contributed by atoms with van der Waals surface area (Å²) in [5.74, 6) is 0.560. The lowest BCUT2D eigenvalue weighted by molar-refractivity contribution is 0.620. The first-order valence-corrected chi connectivity index (χ1v) is 6.35. The van der Waals surface area contributed by atoms with Crippen LogP contribution in [0.4, 0.5) is 5.69 Å². The van der Waals surface area contributed by atoms with Gasteiger partial charge in [0.25, 0.3) is 0 Å². The first-order chi connectivity index (χ1) is 8.63. The summed E-state index contributed by atoms with van der Waals surface area (Å²) in [7, 11) is 0. The molecule has 1 aromatic heterocycles. The summed E-state index contributed by atoms with van der Waals surface area (Å²) in [5, 5.41) is 0. The van der Waals surface area contributed by atoms with Crippen molar-refractivity contribution in [3.63, 3.8) is 0 Å². The summed E-state index contributed by atoms with van der Waals surface area (Å²) in [6.07, 6.45) is 0. The van der Waals surface area contributed by atoms with E-state index in [9.17, 15) is 0 Å². The molecule has 4 heteroatoms. The summed E-state index contributed by atoms with van der Waals surface area (Å²) in [6, 6.07) is 11.6. The molecule has 90 valence electrons. The van der Waals surface area contributed by atoms with Crippen molar-refractivity contribution in [2.45, 2.75) is 6.92 Å². The van der Waals surface area contributed by atoms with E-state index in [-0.39, 0.29) is 0 Å². The number of aromatic nitrogens is 1. The zero-order valence-electron chi connectivity index (χ0n) is 9.77. The molecule has 0 fully saturated rings. The highest BCUT2D eigenvalue weighted by atomic mass is 79.9. The molecule has 0 saturated heterocycles. The first-order valence-electron chi connectivity index (χ1n) is 5.56. The maximum atomic E-state index is 5.96. The molecule has 0 bridgehead atoms. The van der Waals surface area contributed by atoms with Crippen LogP contribution < -0.4 is 5.73 Å². The van der Waals surface area contributed by atoms with E-state index in [4.69, 9.17) is 10.2 Å². The van der Waals surface area contributed by atoms with Crippen molar-refractivity contribution in [2.75, 3.05) is 5.73 Å². The molecule has 0 radical (unpaired) electrons. The number of hydrogen-bond acceptors (Lipinski definition) is 3. The Kier molecular flexibility index (Phi) is 2.59. The monoisotopic (exact) mass is 302 g/mol. The molecule has 18 heavy (non-hydrogen) atoms. The summed E-state index contributed by atoms with van der Waals surface area (Å²) < 4.78 is 6.71. The van der Waals surface area contributed by atoms with Gasteiger partial charge in [0.15, 0.2) is 5.58 Å². The molecule has 2 aromatic carbocycles. The Bertz CT molecular complexity index is 734. The van der Waals surface area contributed by atoms with Gasteiger partial charge in [-0.05, 0) is 37.3 Å². The van der Waals surface area contributed by atoms with Gasteiger partial charge in [-0.25, -0.2) is 4.98 Å². The lowest BCUT2D eigenvalue weighted by Crippen LogP contribution is -1.90. The third-order valence-electron chi connectivity index (χ3n) is 2.79. The molecular weight excluding hydrogens is 292 g/mol. The molecule has 3 nitrogen and oxygen atoms in total. The second-order valence-corrected chi connectivity index (χ2v) is 5.14. The van der Waals surface area contributed by atoms with Crippen LogP contribution in [0.5, 0.6) is 0 Å². The van der Waals surface area contributed by atoms with E-state index >= 15 is 0 Å². The number of rotatable bonds is 1. The van der Waals surface area contributed by atoms with Crippen LogP contribution in [-0.4, -0.2) is 4.98 Å². The highest BCUT2D eigenvalue weighted by Crippen LogP contribution is 2.30. The number of aryl methyl sites for hydroxylation is 1. The Morgan fingerprint density at radius 1 is 1.17 bits per heavy atom. The van der Waals surface area contributed by atoms with Gasteiger partial charge in [0, 0.05) is 10.2 Å². The minimum absolute atomic E-state index is 0.560. The van der Waals surface area contributed by atoms with E-state index in [1.165, 1.54) is 0 Å². The van der Waals surface area contributed by atoms with Crippen molar-refractivity contribution < 1.29 is 4.42 Å². The maximum absolute atomic E-state index is 5.96. The Balaban J connectivity index is 2.22. The maximum Gasteiger partial charge on any atom is 0.229 e. The number of oxazole rings is 1. The zero-order chi connectivity index (χ0) is 12.7. The summed E-state index contributed by atoms with van der Waals surface area (Å²) in [4.78, 5) is 4.47. The van der Waals surface area contributed by atoms with E-state index in [0.717, 1.165) is 26.7 Å². The molecule has 3 aromatic rings. The molecule has 2 N–H and O–H groups in total. The molecule has 0 aliphatic carbocycles. The van der Waals surface area contributed by atoms with Crippen LogP contribution in [-0.2, 0) is 0 Å². The van der Waals surface area contributed by atoms with Crippen LogP contribution in [0.2, 0.25) is 0 Å². The van der Waals surface area contributed by atoms with Crippen LogP contribution in [0.15, 0.2) is 45.3 Å². The Morgan fingerprint density at radius 3 is 2.83 bits per heavy atom. The SMILES string of the molecule is Cc1ccc(N)c(-c2nc3cc(Br)ccc3o2)c1. The van der Waals surface area contributed by atoms with Gasteiger partial charge in [-0.2, -0.15) is 0 Å². The number of fused-ring (bicyclic) bond motifs is 1. The van der Waals surface area contributed by atoms with Crippen LogP contribution in [0.25, 0.3) is 22.6 Å². The molecular formula is C14H11BrN2O. The summed E-state index contributed by atoms with van der Waals surface area (Å²) in [6.45, 7) is 2.02. The number of benzene rings is 2.